The van der Waals surface area contributed by atoms with Crippen molar-refractivity contribution in [1.29, 1.82) is 5.26 Å². The largest absolute Gasteiger partial charge is 0.506 e. The van der Waals surface area contributed by atoms with Crippen LogP contribution in [0, 0.1) is 11.3 Å². The van der Waals surface area contributed by atoms with Crippen LogP contribution in [0.25, 0.3) is 0 Å². The highest BCUT2D eigenvalue weighted by atomic mass is 79.9. The molecule has 1 aromatic carbocycles. The van der Waals surface area contributed by atoms with E-state index in [4.69, 9.17) is 5.26 Å². The molecule has 0 unspecified atom stereocenters. The van der Waals surface area contributed by atoms with Crippen LogP contribution in [0.1, 0.15) is 19.4 Å². The van der Waals surface area contributed by atoms with Crippen LogP contribution in [-0.4, -0.2) is 15.3 Å². The van der Waals surface area contributed by atoms with Crippen molar-refractivity contribution in [2.24, 2.45) is 0 Å². The van der Waals surface area contributed by atoms with Gasteiger partial charge in [-0.15, -0.1) is 0 Å². The van der Waals surface area contributed by atoms with Crippen LogP contribution in [-0.2, 0) is 4.79 Å². The fraction of sp³-hybridized carbons (Fsp3) is 0.273. The molecule has 2 N–H and O–H groups in total. The van der Waals surface area contributed by atoms with Gasteiger partial charge >= 0.3 is 0 Å². The number of anilines is 1. The number of alkyl halides is 1. The zero-order valence-corrected chi connectivity index (χ0v) is 10.5. The second-order valence-electron chi connectivity index (χ2n) is 3.77. The van der Waals surface area contributed by atoms with Gasteiger partial charge in [0.1, 0.15) is 5.75 Å². The number of halogens is 1. The van der Waals surface area contributed by atoms with Crippen LogP contribution in [0.4, 0.5) is 5.69 Å². The average Bonchev–Trinajstić information content (AvgIpc) is 2.19. The van der Waals surface area contributed by atoms with E-state index in [0.29, 0.717) is 5.56 Å². The third-order valence-corrected chi connectivity index (χ3v) is 2.27. The minimum Gasteiger partial charge on any atom is -0.506 e. The molecule has 0 spiro atoms. The first-order chi connectivity index (χ1) is 7.34. The molecule has 0 atom stereocenters. The highest BCUT2D eigenvalue weighted by molar-refractivity contribution is 9.10. The summed E-state index contributed by atoms with van der Waals surface area (Å²) >= 11 is 3.20. The summed E-state index contributed by atoms with van der Waals surface area (Å²) in [5, 5.41) is 20.7. The fourth-order valence-corrected chi connectivity index (χ4v) is 1.08. The number of phenols is 1. The Balaban J connectivity index is 2.98. The molecule has 16 heavy (non-hydrogen) atoms. The van der Waals surface area contributed by atoms with Gasteiger partial charge in [-0.3, -0.25) is 4.79 Å². The lowest BCUT2D eigenvalue weighted by molar-refractivity contribution is -0.117. The van der Waals surface area contributed by atoms with Gasteiger partial charge in [-0.1, -0.05) is 15.9 Å². The number of amides is 1. The molecule has 0 radical (unpaired) electrons. The quantitative estimate of drug-likeness (QED) is 0.646. The molecule has 1 amide bonds. The smallest absolute Gasteiger partial charge is 0.240 e. The van der Waals surface area contributed by atoms with E-state index in [1.807, 2.05) is 6.07 Å². The van der Waals surface area contributed by atoms with Crippen molar-refractivity contribution < 1.29 is 9.90 Å². The number of phenolic OH excluding ortho intramolecular Hbond substituents is 1. The average molecular weight is 283 g/mol. The van der Waals surface area contributed by atoms with Gasteiger partial charge in [0, 0.05) is 0 Å². The van der Waals surface area contributed by atoms with Crippen molar-refractivity contribution in [2.75, 3.05) is 5.32 Å². The van der Waals surface area contributed by atoms with Crippen LogP contribution < -0.4 is 5.32 Å². The molecule has 1 aromatic rings. The molecule has 84 valence electrons. The van der Waals surface area contributed by atoms with Crippen molar-refractivity contribution >= 4 is 27.5 Å². The lowest BCUT2D eigenvalue weighted by Gasteiger charge is -2.16. The number of nitriles is 1. The molecule has 0 saturated heterocycles. The molecule has 0 bridgehead atoms. The lowest BCUT2D eigenvalue weighted by atomic mass is 10.1. The van der Waals surface area contributed by atoms with E-state index in [9.17, 15) is 9.90 Å². The third-order valence-electron chi connectivity index (χ3n) is 1.91. The number of rotatable bonds is 2. The van der Waals surface area contributed by atoms with Gasteiger partial charge < -0.3 is 10.4 Å². The van der Waals surface area contributed by atoms with Crippen molar-refractivity contribution in [2.45, 2.75) is 18.2 Å². The number of aromatic hydroxyl groups is 1. The zero-order valence-electron chi connectivity index (χ0n) is 8.91. The Labute approximate surface area is 102 Å². The topological polar surface area (TPSA) is 73.1 Å². The Hall–Kier alpha value is -1.54. The maximum absolute atomic E-state index is 11.6. The van der Waals surface area contributed by atoms with E-state index in [0.717, 1.165) is 0 Å². The molecular weight excluding hydrogens is 272 g/mol. The Morgan fingerprint density at radius 1 is 1.56 bits per heavy atom. The fourth-order valence-electron chi connectivity index (χ4n) is 0.977. The number of nitrogens with zero attached hydrogens (tertiary/aromatic N) is 1. The number of hydrogen-bond donors (Lipinski definition) is 2. The monoisotopic (exact) mass is 282 g/mol. The molecule has 0 aliphatic heterocycles. The third kappa shape index (κ3) is 2.97. The van der Waals surface area contributed by atoms with Gasteiger partial charge in [-0.25, -0.2) is 0 Å². The normalized spacial score (nSPS) is 10.6. The van der Waals surface area contributed by atoms with Crippen LogP contribution in [0.3, 0.4) is 0 Å². The van der Waals surface area contributed by atoms with Gasteiger partial charge in [-0.2, -0.15) is 5.26 Å². The molecule has 0 heterocycles. The van der Waals surface area contributed by atoms with Crippen molar-refractivity contribution in [1.82, 2.24) is 0 Å². The Kier molecular flexibility index (Phi) is 3.55. The Morgan fingerprint density at radius 2 is 2.19 bits per heavy atom. The van der Waals surface area contributed by atoms with Gasteiger partial charge in [0.25, 0.3) is 0 Å². The van der Waals surface area contributed by atoms with Gasteiger partial charge in [-0.05, 0) is 32.0 Å². The number of carbonyl (C=O) groups is 1. The van der Waals surface area contributed by atoms with Crippen molar-refractivity contribution in [3.8, 4) is 11.8 Å². The lowest BCUT2D eigenvalue weighted by Crippen LogP contribution is -2.30. The minimum atomic E-state index is -0.734. The first-order valence-electron chi connectivity index (χ1n) is 4.58. The molecule has 0 saturated carbocycles. The molecule has 0 aliphatic rings. The van der Waals surface area contributed by atoms with E-state index < -0.39 is 4.32 Å². The Bertz CT molecular complexity index is 458. The Morgan fingerprint density at radius 3 is 2.69 bits per heavy atom. The summed E-state index contributed by atoms with van der Waals surface area (Å²) in [7, 11) is 0. The summed E-state index contributed by atoms with van der Waals surface area (Å²) in [6.07, 6.45) is 0. The van der Waals surface area contributed by atoms with E-state index >= 15 is 0 Å². The summed E-state index contributed by atoms with van der Waals surface area (Å²) in [6.45, 7) is 3.38. The van der Waals surface area contributed by atoms with E-state index in [2.05, 4.69) is 21.2 Å². The number of nitrogens with one attached hydrogen (secondary N) is 1. The predicted molar refractivity (Wildman–Crippen MR) is 64.5 cm³/mol. The number of hydrogen-bond acceptors (Lipinski definition) is 3. The second-order valence-corrected chi connectivity index (χ2v) is 5.75. The molecule has 0 aliphatic carbocycles. The maximum Gasteiger partial charge on any atom is 0.240 e. The van der Waals surface area contributed by atoms with Gasteiger partial charge in [0.15, 0.2) is 0 Å². The SMILES string of the molecule is CC(C)(Br)C(=O)Nc1cc(C#N)ccc1O. The van der Waals surface area contributed by atoms with E-state index in [1.54, 1.807) is 13.8 Å². The second kappa shape index (κ2) is 4.54. The summed E-state index contributed by atoms with van der Waals surface area (Å²) < 4.78 is -0.734. The van der Waals surface area contributed by atoms with Gasteiger partial charge in [0.2, 0.25) is 5.91 Å². The van der Waals surface area contributed by atoms with Crippen LogP contribution >= 0.6 is 15.9 Å². The first-order valence-corrected chi connectivity index (χ1v) is 5.37. The number of benzene rings is 1. The summed E-state index contributed by atoms with van der Waals surface area (Å²) in [4.78, 5) is 11.6. The molecule has 0 fully saturated rings. The van der Waals surface area contributed by atoms with Crippen LogP contribution in [0.5, 0.6) is 5.75 Å². The molecule has 0 aromatic heterocycles. The summed E-state index contributed by atoms with van der Waals surface area (Å²) in [6, 6.07) is 6.20. The molecule has 4 nitrogen and oxygen atoms in total. The van der Waals surface area contributed by atoms with Crippen molar-refractivity contribution in [3.05, 3.63) is 23.8 Å². The highest BCUT2D eigenvalue weighted by Gasteiger charge is 2.24. The standard InChI is InChI=1S/C11H11BrN2O2/c1-11(2,12)10(16)14-8-5-7(6-13)3-4-9(8)15/h3-5,15H,1-2H3,(H,14,16). The van der Waals surface area contributed by atoms with Crippen LogP contribution in [0.2, 0.25) is 0 Å². The van der Waals surface area contributed by atoms with E-state index in [1.165, 1.54) is 18.2 Å². The first kappa shape index (κ1) is 12.5. The molecule has 5 heteroatoms. The summed E-state index contributed by atoms with van der Waals surface area (Å²) in [5.41, 5.74) is 0.608. The maximum atomic E-state index is 11.6. The van der Waals surface area contributed by atoms with Gasteiger partial charge in [0.05, 0.1) is 21.6 Å². The van der Waals surface area contributed by atoms with Crippen LogP contribution in [0.15, 0.2) is 18.2 Å². The van der Waals surface area contributed by atoms with Crippen molar-refractivity contribution in [3.63, 3.8) is 0 Å². The highest BCUT2D eigenvalue weighted by Crippen LogP contribution is 2.26. The molecule has 1 rings (SSSR count). The zero-order chi connectivity index (χ0) is 12.3. The molecular formula is C11H11BrN2O2. The minimum absolute atomic E-state index is 0.0656. The predicted octanol–water partition coefficient (Wildman–Crippen LogP) is 2.38. The van der Waals surface area contributed by atoms with E-state index in [-0.39, 0.29) is 17.3 Å². The summed E-state index contributed by atoms with van der Waals surface area (Å²) in [5.74, 6) is -0.359. The number of carbonyl (C=O) groups excluding carboxylic acids is 1.